The molecule has 0 saturated carbocycles. The van der Waals surface area contributed by atoms with Gasteiger partial charge in [-0.05, 0) is 43.5 Å². The van der Waals surface area contributed by atoms with Gasteiger partial charge in [-0.25, -0.2) is 0 Å². The lowest BCUT2D eigenvalue weighted by molar-refractivity contribution is -0.122. The van der Waals surface area contributed by atoms with Crippen LogP contribution in [0, 0.1) is 0 Å². The smallest absolute Gasteiger partial charge is 0.224 e. The van der Waals surface area contributed by atoms with Crippen LogP contribution in [0.25, 0.3) is 0 Å². The second-order valence-electron chi connectivity index (χ2n) is 5.94. The Labute approximate surface area is 125 Å². The van der Waals surface area contributed by atoms with Gasteiger partial charge in [0.2, 0.25) is 5.91 Å². The summed E-state index contributed by atoms with van der Waals surface area (Å²) in [6, 6.07) is 16.8. The molecule has 3 nitrogen and oxygen atoms in total. The highest BCUT2D eigenvalue weighted by Crippen LogP contribution is 2.16. The van der Waals surface area contributed by atoms with E-state index in [9.17, 15) is 9.90 Å². The molecule has 0 spiro atoms. The summed E-state index contributed by atoms with van der Waals surface area (Å²) in [5.41, 5.74) is 1.76. The topological polar surface area (TPSA) is 49.3 Å². The number of aromatic hydroxyl groups is 1. The maximum absolute atomic E-state index is 12.1. The van der Waals surface area contributed by atoms with Gasteiger partial charge >= 0.3 is 0 Å². The molecule has 0 heterocycles. The third-order valence-electron chi connectivity index (χ3n) is 3.27. The second kappa shape index (κ2) is 6.44. The molecule has 3 heteroatoms. The number of benzene rings is 2. The van der Waals surface area contributed by atoms with Gasteiger partial charge in [-0.3, -0.25) is 4.79 Å². The fraction of sp³-hybridized carbons (Fsp3) is 0.278. The van der Waals surface area contributed by atoms with E-state index >= 15 is 0 Å². The molecule has 0 aliphatic rings. The lowest BCUT2D eigenvalue weighted by atomic mass is 9.94. The van der Waals surface area contributed by atoms with Crippen LogP contribution >= 0.6 is 0 Å². The van der Waals surface area contributed by atoms with E-state index in [0.29, 0.717) is 12.8 Å². The first-order valence-corrected chi connectivity index (χ1v) is 7.07. The molecule has 2 aromatic rings. The average Bonchev–Trinajstić information content (AvgIpc) is 2.41. The number of phenolic OH excluding ortho intramolecular Hbond substituents is 1. The van der Waals surface area contributed by atoms with Crippen LogP contribution < -0.4 is 5.32 Å². The van der Waals surface area contributed by atoms with Gasteiger partial charge in [-0.1, -0.05) is 42.5 Å². The van der Waals surface area contributed by atoms with Crippen molar-refractivity contribution in [2.24, 2.45) is 0 Å². The summed E-state index contributed by atoms with van der Waals surface area (Å²) >= 11 is 0. The number of nitrogens with one attached hydrogen (secondary N) is 1. The molecule has 0 aliphatic carbocycles. The minimum atomic E-state index is -0.331. The number of carbonyl (C=O) groups excluding carboxylic acids is 1. The standard InChI is InChI=1S/C18H21NO2/c1-18(2,13-15-8-10-16(20)11-9-15)19-17(21)12-14-6-4-3-5-7-14/h3-11,20H,12-13H2,1-2H3,(H,19,21). The van der Waals surface area contributed by atoms with E-state index in [1.165, 1.54) is 0 Å². The lowest BCUT2D eigenvalue weighted by Gasteiger charge is -2.26. The second-order valence-corrected chi connectivity index (χ2v) is 5.94. The molecule has 21 heavy (non-hydrogen) atoms. The molecule has 1 amide bonds. The number of phenols is 1. The Morgan fingerprint density at radius 3 is 2.24 bits per heavy atom. The molecule has 0 radical (unpaired) electrons. The van der Waals surface area contributed by atoms with Crippen LogP contribution in [0.4, 0.5) is 0 Å². The maximum atomic E-state index is 12.1. The highest BCUT2D eigenvalue weighted by molar-refractivity contribution is 5.79. The maximum Gasteiger partial charge on any atom is 0.224 e. The normalized spacial score (nSPS) is 11.1. The van der Waals surface area contributed by atoms with E-state index < -0.39 is 0 Å². The van der Waals surface area contributed by atoms with Crippen molar-refractivity contribution in [1.29, 1.82) is 0 Å². The quantitative estimate of drug-likeness (QED) is 0.886. The first-order valence-electron chi connectivity index (χ1n) is 7.07. The van der Waals surface area contributed by atoms with Crippen molar-refractivity contribution in [3.05, 3.63) is 65.7 Å². The van der Waals surface area contributed by atoms with Crippen molar-refractivity contribution >= 4 is 5.91 Å². The zero-order chi connectivity index (χ0) is 15.3. The SMILES string of the molecule is CC(C)(Cc1ccc(O)cc1)NC(=O)Cc1ccccc1. The van der Waals surface area contributed by atoms with E-state index in [1.54, 1.807) is 12.1 Å². The van der Waals surface area contributed by atoms with E-state index in [1.807, 2.05) is 56.3 Å². The molecule has 110 valence electrons. The van der Waals surface area contributed by atoms with E-state index in [2.05, 4.69) is 5.32 Å². The summed E-state index contributed by atoms with van der Waals surface area (Å²) in [5, 5.41) is 12.4. The molecular formula is C18H21NO2. The molecule has 0 aliphatic heterocycles. The van der Waals surface area contributed by atoms with Gasteiger partial charge in [0, 0.05) is 5.54 Å². The Morgan fingerprint density at radius 1 is 1.00 bits per heavy atom. The predicted molar refractivity (Wildman–Crippen MR) is 84.2 cm³/mol. The van der Waals surface area contributed by atoms with Gasteiger partial charge in [-0.15, -0.1) is 0 Å². The summed E-state index contributed by atoms with van der Waals surface area (Å²) in [5.74, 6) is 0.273. The number of rotatable bonds is 5. The van der Waals surface area contributed by atoms with Crippen molar-refractivity contribution in [2.45, 2.75) is 32.2 Å². The van der Waals surface area contributed by atoms with Crippen LogP contribution in [0.15, 0.2) is 54.6 Å². The van der Waals surface area contributed by atoms with Crippen LogP contribution in [-0.4, -0.2) is 16.6 Å². The molecule has 0 fully saturated rings. The first-order chi connectivity index (χ1) is 9.94. The van der Waals surface area contributed by atoms with Crippen LogP contribution in [0.3, 0.4) is 0 Å². The zero-order valence-electron chi connectivity index (χ0n) is 12.5. The van der Waals surface area contributed by atoms with E-state index in [-0.39, 0.29) is 17.2 Å². The Balaban J connectivity index is 1.93. The lowest BCUT2D eigenvalue weighted by Crippen LogP contribution is -2.45. The summed E-state index contributed by atoms with van der Waals surface area (Å²) in [6.45, 7) is 4.01. The average molecular weight is 283 g/mol. The Hall–Kier alpha value is -2.29. The molecule has 0 saturated heterocycles. The zero-order valence-corrected chi connectivity index (χ0v) is 12.5. The van der Waals surface area contributed by atoms with E-state index in [0.717, 1.165) is 11.1 Å². The molecule has 0 aromatic heterocycles. The summed E-state index contributed by atoms with van der Waals surface area (Å²) < 4.78 is 0. The predicted octanol–water partition coefficient (Wildman–Crippen LogP) is 3.07. The summed E-state index contributed by atoms with van der Waals surface area (Å²) in [7, 11) is 0. The summed E-state index contributed by atoms with van der Waals surface area (Å²) in [4.78, 5) is 12.1. The Bertz CT molecular complexity index is 588. The Morgan fingerprint density at radius 2 is 1.62 bits per heavy atom. The van der Waals surface area contributed by atoms with Crippen molar-refractivity contribution in [3.63, 3.8) is 0 Å². The third-order valence-corrected chi connectivity index (χ3v) is 3.27. The minimum absolute atomic E-state index is 0.0185. The van der Waals surface area contributed by atoms with Crippen molar-refractivity contribution in [2.75, 3.05) is 0 Å². The number of hydrogen-bond donors (Lipinski definition) is 2. The van der Waals surface area contributed by atoms with Gasteiger partial charge < -0.3 is 10.4 Å². The first kappa shape index (κ1) is 15.1. The van der Waals surface area contributed by atoms with Gasteiger partial charge in [0.1, 0.15) is 5.75 Å². The highest BCUT2D eigenvalue weighted by Gasteiger charge is 2.21. The molecule has 2 N–H and O–H groups in total. The monoisotopic (exact) mass is 283 g/mol. The molecule has 0 unspecified atom stereocenters. The van der Waals surface area contributed by atoms with E-state index in [4.69, 9.17) is 0 Å². The number of amides is 1. The van der Waals surface area contributed by atoms with Gasteiger partial charge in [-0.2, -0.15) is 0 Å². The third kappa shape index (κ3) is 4.95. The van der Waals surface area contributed by atoms with Gasteiger partial charge in [0.25, 0.3) is 0 Å². The van der Waals surface area contributed by atoms with Crippen molar-refractivity contribution in [1.82, 2.24) is 5.32 Å². The molecule has 0 bridgehead atoms. The minimum Gasteiger partial charge on any atom is -0.508 e. The number of hydrogen-bond acceptors (Lipinski definition) is 2. The largest absolute Gasteiger partial charge is 0.508 e. The fourth-order valence-corrected chi connectivity index (χ4v) is 2.37. The van der Waals surface area contributed by atoms with Crippen LogP contribution in [0.2, 0.25) is 0 Å². The molecule has 0 atom stereocenters. The molecular weight excluding hydrogens is 262 g/mol. The van der Waals surface area contributed by atoms with Crippen molar-refractivity contribution in [3.8, 4) is 5.75 Å². The van der Waals surface area contributed by atoms with Crippen LogP contribution in [0.5, 0.6) is 5.75 Å². The van der Waals surface area contributed by atoms with Gasteiger partial charge in [0.05, 0.1) is 6.42 Å². The highest BCUT2D eigenvalue weighted by atomic mass is 16.3. The summed E-state index contributed by atoms with van der Waals surface area (Å²) in [6.07, 6.45) is 1.10. The molecule has 2 rings (SSSR count). The van der Waals surface area contributed by atoms with Crippen molar-refractivity contribution < 1.29 is 9.90 Å². The number of carbonyl (C=O) groups is 1. The molecule has 2 aromatic carbocycles. The van der Waals surface area contributed by atoms with Gasteiger partial charge in [0.15, 0.2) is 0 Å². The van der Waals surface area contributed by atoms with Crippen LogP contribution in [-0.2, 0) is 17.6 Å². The Kier molecular flexibility index (Phi) is 4.63. The van der Waals surface area contributed by atoms with Crippen LogP contribution in [0.1, 0.15) is 25.0 Å². The fourth-order valence-electron chi connectivity index (χ4n) is 2.37.